The second kappa shape index (κ2) is 8.24. The van der Waals surface area contributed by atoms with E-state index in [4.69, 9.17) is 9.47 Å². The maximum atomic E-state index is 12.5. The normalized spacial score (nSPS) is 10.3. The van der Waals surface area contributed by atoms with Crippen molar-refractivity contribution in [2.45, 2.75) is 13.8 Å². The largest absolute Gasteiger partial charge is 0.494 e. The zero-order valence-electron chi connectivity index (χ0n) is 15.3. The van der Waals surface area contributed by atoms with Crippen LogP contribution in [0.5, 0.6) is 11.5 Å². The van der Waals surface area contributed by atoms with E-state index < -0.39 is 5.56 Å². The van der Waals surface area contributed by atoms with Gasteiger partial charge in [0.05, 0.1) is 13.2 Å². The van der Waals surface area contributed by atoms with E-state index in [1.165, 1.54) is 0 Å². The van der Waals surface area contributed by atoms with E-state index in [1.54, 1.807) is 0 Å². The summed E-state index contributed by atoms with van der Waals surface area (Å²) < 4.78 is 11.1. The number of H-pyrrole nitrogens is 1. The van der Waals surface area contributed by atoms with Gasteiger partial charge >= 0.3 is 0 Å². The Kier molecular flexibility index (Phi) is 5.58. The van der Waals surface area contributed by atoms with Crippen LogP contribution in [0.1, 0.15) is 19.4 Å². The summed E-state index contributed by atoms with van der Waals surface area (Å²) in [5, 5.41) is 9.51. The molecule has 3 aromatic rings. The number of nitrogens with one attached hydrogen (secondary N) is 1. The summed E-state index contributed by atoms with van der Waals surface area (Å²) in [6.07, 6.45) is 0. The Morgan fingerprint density at radius 3 is 2.33 bits per heavy atom. The fourth-order valence-electron chi connectivity index (χ4n) is 2.91. The number of aromatic nitrogens is 1. The van der Waals surface area contributed by atoms with Gasteiger partial charge in [-0.05, 0) is 55.8 Å². The van der Waals surface area contributed by atoms with Crippen molar-refractivity contribution in [3.8, 4) is 40.0 Å². The van der Waals surface area contributed by atoms with Gasteiger partial charge in [-0.3, -0.25) is 4.79 Å². The first kappa shape index (κ1) is 18.3. The molecule has 0 aliphatic rings. The molecule has 0 saturated carbocycles. The van der Waals surface area contributed by atoms with Crippen molar-refractivity contribution in [2.75, 3.05) is 13.2 Å². The monoisotopic (exact) mass is 360 g/mol. The molecule has 0 bridgehead atoms. The number of ether oxygens (including phenoxy) is 2. The first-order valence-electron chi connectivity index (χ1n) is 8.80. The minimum Gasteiger partial charge on any atom is -0.494 e. The van der Waals surface area contributed by atoms with E-state index in [-0.39, 0.29) is 5.56 Å². The van der Waals surface area contributed by atoms with Gasteiger partial charge in [-0.2, -0.15) is 5.26 Å². The molecule has 0 atom stereocenters. The van der Waals surface area contributed by atoms with Gasteiger partial charge in [0.2, 0.25) is 0 Å². The van der Waals surface area contributed by atoms with Gasteiger partial charge in [-0.15, -0.1) is 0 Å². The Hall–Kier alpha value is -3.52. The maximum Gasteiger partial charge on any atom is 0.266 e. The molecule has 5 heteroatoms. The lowest BCUT2D eigenvalue weighted by molar-refractivity contribution is 0.340. The smallest absolute Gasteiger partial charge is 0.266 e. The van der Waals surface area contributed by atoms with Gasteiger partial charge in [-0.25, -0.2) is 0 Å². The first-order valence-corrected chi connectivity index (χ1v) is 8.80. The molecule has 0 saturated heterocycles. The average Bonchev–Trinajstić information content (AvgIpc) is 2.69. The van der Waals surface area contributed by atoms with Gasteiger partial charge in [-0.1, -0.05) is 18.2 Å². The molecule has 0 unspecified atom stereocenters. The Balaban J connectivity index is 2.15. The van der Waals surface area contributed by atoms with Gasteiger partial charge < -0.3 is 14.5 Å². The molecule has 27 heavy (non-hydrogen) atoms. The molecule has 0 aliphatic carbocycles. The van der Waals surface area contributed by atoms with E-state index in [0.29, 0.717) is 35.8 Å². The summed E-state index contributed by atoms with van der Waals surface area (Å²) in [6.45, 7) is 4.90. The van der Waals surface area contributed by atoms with Crippen molar-refractivity contribution >= 4 is 0 Å². The molecule has 0 fully saturated rings. The van der Waals surface area contributed by atoms with Crippen LogP contribution in [0.3, 0.4) is 0 Å². The van der Waals surface area contributed by atoms with E-state index in [0.717, 1.165) is 11.3 Å². The molecular formula is C22H20N2O3. The van der Waals surface area contributed by atoms with Crippen molar-refractivity contribution in [3.05, 3.63) is 70.5 Å². The number of para-hydroxylation sites is 1. The summed E-state index contributed by atoms with van der Waals surface area (Å²) >= 11 is 0. The van der Waals surface area contributed by atoms with Crippen molar-refractivity contribution in [1.82, 2.24) is 4.98 Å². The van der Waals surface area contributed by atoms with Crippen LogP contribution >= 0.6 is 0 Å². The molecule has 0 spiro atoms. The second-order valence-electron chi connectivity index (χ2n) is 5.80. The molecule has 5 nitrogen and oxygen atoms in total. The Morgan fingerprint density at radius 1 is 0.963 bits per heavy atom. The highest BCUT2D eigenvalue weighted by Gasteiger charge is 2.15. The number of rotatable bonds is 6. The fourth-order valence-corrected chi connectivity index (χ4v) is 2.91. The lowest BCUT2D eigenvalue weighted by atomic mass is 9.98. The Bertz CT molecular complexity index is 1030. The van der Waals surface area contributed by atoms with Crippen molar-refractivity contribution in [3.63, 3.8) is 0 Å². The van der Waals surface area contributed by atoms with Gasteiger partial charge in [0.1, 0.15) is 23.1 Å². The lowest BCUT2D eigenvalue weighted by Gasteiger charge is -2.13. The topological polar surface area (TPSA) is 75.1 Å². The first-order chi connectivity index (χ1) is 13.2. The molecular weight excluding hydrogens is 340 g/mol. The Morgan fingerprint density at radius 2 is 1.67 bits per heavy atom. The van der Waals surface area contributed by atoms with Crippen molar-refractivity contribution < 1.29 is 9.47 Å². The third kappa shape index (κ3) is 3.85. The van der Waals surface area contributed by atoms with E-state index in [1.807, 2.05) is 74.5 Å². The molecule has 1 heterocycles. The van der Waals surface area contributed by atoms with E-state index in [2.05, 4.69) is 4.98 Å². The highest BCUT2D eigenvalue weighted by atomic mass is 16.5. The average molecular weight is 360 g/mol. The van der Waals surface area contributed by atoms with Crippen LogP contribution < -0.4 is 15.0 Å². The molecule has 136 valence electrons. The third-order valence-corrected chi connectivity index (χ3v) is 4.10. The fraction of sp³-hybridized carbons (Fsp3) is 0.182. The standard InChI is InChI=1S/C22H20N2O3/c1-3-26-16-11-9-15(10-12-16)20-13-18(19(14-23)22(25)24-20)17-7-5-6-8-21(17)27-4-2/h5-13H,3-4H2,1-2H3,(H,24,25). The van der Waals surface area contributed by atoms with E-state index >= 15 is 0 Å². The van der Waals surface area contributed by atoms with Crippen molar-refractivity contribution in [1.29, 1.82) is 5.26 Å². The number of nitrogens with zero attached hydrogens (tertiary/aromatic N) is 1. The SMILES string of the molecule is CCOc1ccc(-c2cc(-c3ccccc3OCC)c(C#N)c(=O)[nH]2)cc1. The summed E-state index contributed by atoms with van der Waals surface area (Å²) in [5.41, 5.74) is 2.36. The van der Waals surface area contributed by atoms with Crippen LogP contribution in [0.25, 0.3) is 22.4 Å². The number of hydrogen-bond donors (Lipinski definition) is 1. The third-order valence-electron chi connectivity index (χ3n) is 4.10. The van der Waals surface area contributed by atoms with Gasteiger partial charge in [0.15, 0.2) is 0 Å². The number of benzene rings is 2. The van der Waals surface area contributed by atoms with Crippen LogP contribution in [0.15, 0.2) is 59.4 Å². The summed E-state index contributed by atoms with van der Waals surface area (Å²) in [5.74, 6) is 1.40. The van der Waals surface area contributed by atoms with Crippen LogP contribution in [0, 0.1) is 11.3 Å². The molecule has 2 aromatic carbocycles. The zero-order valence-corrected chi connectivity index (χ0v) is 15.3. The van der Waals surface area contributed by atoms with Crippen LogP contribution in [0.2, 0.25) is 0 Å². The minimum atomic E-state index is -0.426. The quantitative estimate of drug-likeness (QED) is 0.708. The highest BCUT2D eigenvalue weighted by Crippen LogP contribution is 2.33. The minimum absolute atomic E-state index is 0.0665. The number of nitriles is 1. The van der Waals surface area contributed by atoms with Crippen LogP contribution in [0.4, 0.5) is 0 Å². The predicted molar refractivity (Wildman–Crippen MR) is 105 cm³/mol. The summed E-state index contributed by atoms with van der Waals surface area (Å²) in [6, 6.07) is 18.7. The van der Waals surface area contributed by atoms with Crippen LogP contribution in [-0.4, -0.2) is 18.2 Å². The molecule has 1 N–H and O–H groups in total. The van der Waals surface area contributed by atoms with Gasteiger partial charge in [0.25, 0.3) is 5.56 Å². The summed E-state index contributed by atoms with van der Waals surface area (Å²) in [4.78, 5) is 15.3. The summed E-state index contributed by atoms with van der Waals surface area (Å²) in [7, 11) is 0. The predicted octanol–water partition coefficient (Wildman–Crippen LogP) is 4.38. The maximum absolute atomic E-state index is 12.5. The number of hydrogen-bond acceptors (Lipinski definition) is 4. The number of aromatic amines is 1. The number of pyridine rings is 1. The van der Waals surface area contributed by atoms with Gasteiger partial charge in [0, 0.05) is 16.8 Å². The molecule has 1 aromatic heterocycles. The lowest BCUT2D eigenvalue weighted by Crippen LogP contribution is -2.13. The van der Waals surface area contributed by atoms with Crippen molar-refractivity contribution in [2.24, 2.45) is 0 Å². The zero-order chi connectivity index (χ0) is 19.2. The second-order valence-corrected chi connectivity index (χ2v) is 5.80. The molecule has 0 radical (unpaired) electrons. The molecule has 0 aliphatic heterocycles. The highest BCUT2D eigenvalue weighted by molar-refractivity contribution is 5.79. The van der Waals surface area contributed by atoms with E-state index in [9.17, 15) is 10.1 Å². The van der Waals surface area contributed by atoms with Crippen LogP contribution in [-0.2, 0) is 0 Å². The molecule has 0 amide bonds. The molecule has 3 rings (SSSR count). The Labute approximate surface area is 157 Å².